The standard InChI is InChI=1S/C11H7F3S2/c1-10(11(12,13)14)6-2-4-15-8(6)9-7(10)3-5-16-9/h2-5H,1H3. The maximum Gasteiger partial charge on any atom is 0.402 e. The smallest absolute Gasteiger partial charge is 0.170 e. The van der Waals surface area contributed by atoms with Gasteiger partial charge in [0, 0.05) is 9.75 Å². The first-order valence-corrected chi connectivity index (χ1v) is 6.45. The largest absolute Gasteiger partial charge is 0.402 e. The Morgan fingerprint density at radius 3 is 1.81 bits per heavy atom. The summed E-state index contributed by atoms with van der Waals surface area (Å²) in [5.41, 5.74) is -1.00. The van der Waals surface area contributed by atoms with E-state index in [4.69, 9.17) is 0 Å². The van der Waals surface area contributed by atoms with Crippen molar-refractivity contribution in [1.29, 1.82) is 0 Å². The zero-order valence-corrected chi connectivity index (χ0v) is 9.89. The average molecular weight is 260 g/mol. The predicted molar refractivity (Wildman–Crippen MR) is 60.1 cm³/mol. The summed E-state index contributed by atoms with van der Waals surface area (Å²) in [5, 5.41) is 3.47. The van der Waals surface area contributed by atoms with Crippen molar-refractivity contribution in [1.82, 2.24) is 0 Å². The van der Waals surface area contributed by atoms with Gasteiger partial charge >= 0.3 is 6.18 Å². The van der Waals surface area contributed by atoms with Gasteiger partial charge in [-0.2, -0.15) is 13.2 Å². The summed E-state index contributed by atoms with van der Waals surface area (Å²) in [7, 11) is 0. The Kier molecular flexibility index (Phi) is 1.87. The Morgan fingerprint density at radius 1 is 1.00 bits per heavy atom. The minimum absolute atomic E-state index is 0.409. The number of fused-ring (bicyclic) bond motifs is 3. The Balaban J connectivity index is 2.38. The van der Waals surface area contributed by atoms with Crippen LogP contribution in [-0.4, -0.2) is 6.18 Å². The Morgan fingerprint density at radius 2 is 1.44 bits per heavy atom. The molecule has 0 aliphatic heterocycles. The highest BCUT2D eigenvalue weighted by Gasteiger charge is 2.58. The van der Waals surface area contributed by atoms with Gasteiger partial charge in [0.2, 0.25) is 0 Å². The van der Waals surface area contributed by atoms with E-state index < -0.39 is 11.6 Å². The van der Waals surface area contributed by atoms with E-state index in [2.05, 4.69) is 0 Å². The van der Waals surface area contributed by atoms with Crippen LogP contribution >= 0.6 is 22.7 Å². The molecule has 16 heavy (non-hydrogen) atoms. The third-order valence-electron chi connectivity index (χ3n) is 3.18. The summed E-state index contributed by atoms with van der Waals surface area (Å²) in [4.78, 5) is 1.56. The van der Waals surface area contributed by atoms with Crippen LogP contribution in [0.15, 0.2) is 22.9 Å². The highest BCUT2D eigenvalue weighted by Crippen LogP contribution is 2.59. The van der Waals surface area contributed by atoms with Gasteiger partial charge in [0.15, 0.2) is 0 Å². The number of hydrogen-bond donors (Lipinski definition) is 0. The van der Waals surface area contributed by atoms with Crippen molar-refractivity contribution in [3.8, 4) is 9.75 Å². The fourth-order valence-electron chi connectivity index (χ4n) is 2.21. The van der Waals surface area contributed by atoms with Gasteiger partial charge in [-0.15, -0.1) is 22.7 Å². The molecule has 0 N–H and O–H groups in total. The molecule has 0 amide bonds. The van der Waals surface area contributed by atoms with Crippen LogP contribution in [0.25, 0.3) is 9.75 Å². The van der Waals surface area contributed by atoms with Gasteiger partial charge in [0.1, 0.15) is 5.41 Å². The third-order valence-corrected chi connectivity index (χ3v) is 5.17. The normalized spacial score (nSPS) is 17.2. The molecule has 0 aromatic carbocycles. The molecule has 0 nitrogen and oxygen atoms in total. The molecule has 1 aliphatic carbocycles. The number of hydrogen-bond acceptors (Lipinski definition) is 2. The molecule has 0 spiro atoms. The molecule has 0 bridgehead atoms. The molecule has 3 rings (SSSR count). The van der Waals surface area contributed by atoms with Crippen molar-refractivity contribution in [3.05, 3.63) is 34.0 Å². The van der Waals surface area contributed by atoms with E-state index in [1.165, 1.54) is 29.6 Å². The van der Waals surface area contributed by atoms with Gasteiger partial charge in [0.25, 0.3) is 0 Å². The lowest BCUT2D eigenvalue weighted by molar-refractivity contribution is -0.171. The van der Waals surface area contributed by atoms with Crippen LogP contribution in [0.1, 0.15) is 18.1 Å². The van der Waals surface area contributed by atoms with E-state index in [0.717, 1.165) is 9.75 Å². The Hall–Kier alpha value is -0.810. The summed E-state index contributed by atoms with van der Waals surface area (Å²) in [6.45, 7) is 1.27. The SMILES string of the molecule is CC1(C(F)(F)F)c2ccsc2-c2sccc21. The fraction of sp³-hybridized carbons (Fsp3) is 0.273. The average Bonchev–Trinajstić information content (AvgIpc) is 2.84. The number of rotatable bonds is 0. The quantitative estimate of drug-likeness (QED) is 0.646. The first-order valence-electron chi connectivity index (χ1n) is 4.69. The second-order valence-electron chi connectivity index (χ2n) is 3.95. The van der Waals surface area contributed by atoms with E-state index in [9.17, 15) is 13.2 Å². The van der Waals surface area contributed by atoms with Crippen molar-refractivity contribution >= 4 is 22.7 Å². The topological polar surface area (TPSA) is 0 Å². The number of halogens is 3. The van der Waals surface area contributed by atoms with Crippen LogP contribution in [0, 0.1) is 0 Å². The second-order valence-corrected chi connectivity index (χ2v) is 5.78. The van der Waals surface area contributed by atoms with Crippen LogP contribution in [0.4, 0.5) is 13.2 Å². The lowest BCUT2D eigenvalue weighted by Crippen LogP contribution is -2.38. The van der Waals surface area contributed by atoms with Crippen molar-refractivity contribution < 1.29 is 13.2 Å². The molecule has 0 saturated carbocycles. The molecular formula is C11H7F3S2. The van der Waals surface area contributed by atoms with Gasteiger partial charge in [-0.05, 0) is 40.9 Å². The number of alkyl halides is 3. The molecule has 2 heterocycles. The van der Waals surface area contributed by atoms with E-state index in [0.29, 0.717) is 11.1 Å². The van der Waals surface area contributed by atoms with Crippen LogP contribution in [0.2, 0.25) is 0 Å². The van der Waals surface area contributed by atoms with Crippen LogP contribution in [0.5, 0.6) is 0 Å². The van der Waals surface area contributed by atoms with E-state index in [1.807, 2.05) is 0 Å². The molecule has 0 fully saturated rings. The van der Waals surface area contributed by atoms with Crippen LogP contribution in [-0.2, 0) is 5.41 Å². The molecule has 0 atom stereocenters. The van der Waals surface area contributed by atoms with E-state index >= 15 is 0 Å². The lowest BCUT2D eigenvalue weighted by Gasteiger charge is -2.28. The first kappa shape index (κ1) is 10.4. The van der Waals surface area contributed by atoms with Crippen molar-refractivity contribution in [2.24, 2.45) is 0 Å². The Labute approximate surface area is 98.4 Å². The van der Waals surface area contributed by atoms with E-state index in [1.54, 1.807) is 22.9 Å². The summed E-state index contributed by atoms with van der Waals surface area (Å²) in [6, 6.07) is 3.19. The minimum Gasteiger partial charge on any atom is -0.170 e. The lowest BCUT2D eigenvalue weighted by atomic mass is 9.81. The molecule has 1 aliphatic rings. The summed E-state index contributed by atoms with van der Waals surface area (Å²) >= 11 is 2.78. The summed E-state index contributed by atoms with van der Waals surface area (Å²) in [5.74, 6) is 0. The van der Waals surface area contributed by atoms with Crippen molar-refractivity contribution in [2.45, 2.75) is 18.5 Å². The maximum atomic E-state index is 13.3. The summed E-state index contributed by atoms with van der Waals surface area (Å²) in [6.07, 6.45) is -4.24. The highest BCUT2D eigenvalue weighted by atomic mass is 32.1. The summed E-state index contributed by atoms with van der Waals surface area (Å²) < 4.78 is 39.8. The Bertz CT molecular complexity index is 507. The van der Waals surface area contributed by atoms with E-state index in [-0.39, 0.29) is 0 Å². The first-order chi connectivity index (χ1) is 7.46. The van der Waals surface area contributed by atoms with Crippen LogP contribution < -0.4 is 0 Å². The minimum atomic E-state index is -4.24. The molecule has 2 aromatic heterocycles. The maximum absolute atomic E-state index is 13.3. The fourth-order valence-corrected chi connectivity index (χ4v) is 4.41. The van der Waals surface area contributed by atoms with Gasteiger partial charge in [0.05, 0.1) is 0 Å². The number of thiophene rings is 2. The third kappa shape index (κ3) is 1.00. The van der Waals surface area contributed by atoms with Gasteiger partial charge in [-0.3, -0.25) is 0 Å². The zero-order valence-electron chi connectivity index (χ0n) is 8.26. The molecule has 0 radical (unpaired) electrons. The molecule has 2 aromatic rings. The van der Waals surface area contributed by atoms with Gasteiger partial charge < -0.3 is 0 Å². The molecule has 84 valence electrons. The molecular weight excluding hydrogens is 253 g/mol. The van der Waals surface area contributed by atoms with Crippen molar-refractivity contribution in [2.75, 3.05) is 0 Å². The molecule has 5 heteroatoms. The van der Waals surface area contributed by atoms with Crippen molar-refractivity contribution in [3.63, 3.8) is 0 Å². The zero-order chi connectivity index (χ0) is 11.6. The monoisotopic (exact) mass is 260 g/mol. The predicted octanol–water partition coefficient (Wildman–Crippen LogP) is 4.66. The van der Waals surface area contributed by atoms with Gasteiger partial charge in [-0.25, -0.2) is 0 Å². The van der Waals surface area contributed by atoms with Gasteiger partial charge in [-0.1, -0.05) is 0 Å². The highest BCUT2D eigenvalue weighted by molar-refractivity contribution is 7.21. The molecule has 0 unspecified atom stereocenters. The van der Waals surface area contributed by atoms with Crippen LogP contribution in [0.3, 0.4) is 0 Å². The second kappa shape index (κ2) is 2.90. The molecule has 0 saturated heterocycles.